The third-order valence-corrected chi connectivity index (χ3v) is 7.29. The van der Waals surface area contributed by atoms with E-state index in [4.69, 9.17) is 9.72 Å². The third kappa shape index (κ3) is 2.87. The van der Waals surface area contributed by atoms with Gasteiger partial charge in [0.1, 0.15) is 6.23 Å². The first kappa shape index (κ1) is 16.8. The lowest BCUT2D eigenvalue weighted by Crippen LogP contribution is -2.18. The summed E-state index contributed by atoms with van der Waals surface area (Å²) in [5, 5.41) is 4.54. The van der Waals surface area contributed by atoms with Crippen molar-refractivity contribution in [1.29, 1.82) is 0 Å². The van der Waals surface area contributed by atoms with Gasteiger partial charge in [0, 0.05) is 31.1 Å². The number of pyridine rings is 1. The number of hydrogen-bond donors (Lipinski definition) is 0. The van der Waals surface area contributed by atoms with E-state index in [0.717, 1.165) is 60.5 Å². The smallest absolute Gasteiger partial charge is 0.150 e. The number of rotatable bonds is 4. The maximum Gasteiger partial charge on any atom is 0.150 e. The molecule has 4 unspecified atom stereocenters. The highest BCUT2D eigenvalue weighted by molar-refractivity contribution is 5.79. The van der Waals surface area contributed by atoms with E-state index in [1.165, 1.54) is 37.6 Å². The molecule has 1 aliphatic heterocycles. The SMILES string of the molecule is c1nn(C2CCCCO2)cc1-c1ccc2c(ccn2CC2CC3CCC2C3)n1. The van der Waals surface area contributed by atoms with Gasteiger partial charge >= 0.3 is 0 Å². The van der Waals surface area contributed by atoms with Gasteiger partial charge in [-0.2, -0.15) is 5.10 Å². The predicted octanol–water partition coefficient (Wildman–Crippen LogP) is 5.04. The molecule has 0 aromatic carbocycles. The summed E-state index contributed by atoms with van der Waals surface area (Å²) < 4.78 is 10.2. The molecule has 0 spiro atoms. The third-order valence-electron chi connectivity index (χ3n) is 7.29. The molecule has 0 amide bonds. The summed E-state index contributed by atoms with van der Waals surface area (Å²) in [5.74, 6) is 2.83. The van der Waals surface area contributed by atoms with Crippen LogP contribution in [0.15, 0.2) is 36.8 Å². The van der Waals surface area contributed by atoms with Crippen molar-refractivity contribution in [2.75, 3.05) is 6.61 Å². The van der Waals surface area contributed by atoms with Crippen LogP contribution in [0.4, 0.5) is 0 Å². The maximum atomic E-state index is 5.85. The molecule has 28 heavy (non-hydrogen) atoms. The Hall–Kier alpha value is -2.14. The highest BCUT2D eigenvalue weighted by Gasteiger charge is 2.39. The second-order valence-corrected chi connectivity index (χ2v) is 9.03. The molecule has 1 saturated heterocycles. The molecule has 6 rings (SSSR count). The number of hydrogen-bond acceptors (Lipinski definition) is 3. The lowest BCUT2D eigenvalue weighted by molar-refractivity contribution is -0.0394. The van der Waals surface area contributed by atoms with Crippen LogP contribution in [0.1, 0.15) is 51.2 Å². The van der Waals surface area contributed by atoms with Crippen molar-refractivity contribution < 1.29 is 4.74 Å². The zero-order chi connectivity index (χ0) is 18.5. The Kier molecular flexibility index (Phi) is 4.03. The zero-order valence-corrected chi connectivity index (χ0v) is 16.3. The standard InChI is InChI=1S/C23H28N4O/c1-2-10-28-23(3-1)27-15-19(13-24-27)20-6-7-22-21(25-20)8-9-26(22)14-18-12-16-4-5-17(18)11-16/h6-9,13,15-18,23H,1-5,10-12,14H2. The molecule has 0 radical (unpaired) electrons. The average Bonchev–Trinajstić information content (AvgIpc) is 3.53. The molecule has 3 fully saturated rings. The van der Waals surface area contributed by atoms with E-state index in [2.05, 4.69) is 40.3 Å². The summed E-state index contributed by atoms with van der Waals surface area (Å²) in [7, 11) is 0. The first-order chi connectivity index (χ1) is 13.8. The number of fused-ring (bicyclic) bond motifs is 3. The lowest BCUT2D eigenvalue weighted by atomic mass is 9.89. The molecule has 0 N–H and O–H groups in total. The number of aromatic nitrogens is 4. The number of ether oxygens (including phenoxy) is 1. The molecule has 3 aliphatic rings. The van der Waals surface area contributed by atoms with Crippen molar-refractivity contribution in [2.24, 2.45) is 17.8 Å². The van der Waals surface area contributed by atoms with Crippen molar-refractivity contribution in [3.8, 4) is 11.3 Å². The Morgan fingerprint density at radius 1 is 1.07 bits per heavy atom. The first-order valence-electron chi connectivity index (χ1n) is 11.0. The second-order valence-electron chi connectivity index (χ2n) is 9.03. The van der Waals surface area contributed by atoms with Crippen LogP contribution in [0.3, 0.4) is 0 Å². The fourth-order valence-electron chi connectivity index (χ4n) is 5.81. The Labute approximate surface area is 165 Å². The molecule has 3 aromatic heterocycles. The molecular formula is C23H28N4O. The summed E-state index contributed by atoms with van der Waals surface area (Å²) in [6.45, 7) is 1.99. The molecule has 5 nitrogen and oxygen atoms in total. The van der Waals surface area contributed by atoms with Crippen LogP contribution in [0.2, 0.25) is 0 Å². The van der Waals surface area contributed by atoms with Crippen molar-refractivity contribution in [1.82, 2.24) is 19.3 Å². The van der Waals surface area contributed by atoms with Crippen molar-refractivity contribution in [3.63, 3.8) is 0 Å². The molecule has 4 atom stereocenters. The van der Waals surface area contributed by atoms with Crippen molar-refractivity contribution >= 4 is 11.0 Å². The molecule has 4 heterocycles. The Bertz CT molecular complexity index is 984. The highest BCUT2D eigenvalue weighted by Crippen LogP contribution is 2.49. The van der Waals surface area contributed by atoms with Crippen molar-refractivity contribution in [2.45, 2.75) is 57.7 Å². The van der Waals surface area contributed by atoms with Crippen LogP contribution in [0.5, 0.6) is 0 Å². The monoisotopic (exact) mass is 376 g/mol. The minimum atomic E-state index is 0.0778. The van der Waals surface area contributed by atoms with E-state index < -0.39 is 0 Å². The van der Waals surface area contributed by atoms with E-state index >= 15 is 0 Å². The van der Waals surface area contributed by atoms with E-state index in [9.17, 15) is 0 Å². The first-order valence-corrected chi connectivity index (χ1v) is 11.0. The van der Waals surface area contributed by atoms with E-state index in [0.29, 0.717) is 0 Å². The molecule has 2 aliphatic carbocycles. The largest absolute Gasteiger partial charge is 0.357 e. The minimum absolute atomic E-state index is 0.0778. The maximum absolute atomic E-state index is 5.85. The highest BCUT2D eigenvalue weighted by atomic mass is 16.5. The molecule has 2 bridgehead atoms. The van der Waals surface area contributed by atoms with Gasteiger partial charge < -0.3 is 9.30 Å². The molecular weight excluding hydrogens is 348 g/mol. The summed E-state index contributed by atoms with van der Waals surface area (Å²) in [6, 6.07) is 6.54. The van der Waals surface area contributed by atoms with Gasteiger partial charge in [0.2, 0.25) is 0 Å². The molecule has 3 aromatic rings. The van der Waals surface area contributed by atoms with Gasteiger partial charge in [0.05, 0.1) is 22.9 Å². The van der Waals surface area contributed by atoms with Gasteiger partial charge in [-0.3, -0.25) is 0 Å². The van der Waals surface area contributed by atoms with Gasteiger partial charge in [0.15, 0.2) is 0 Å². The Balaban J connectivity index is 1.23. The van der Waals surface area contributed by atoms with Crippen LogP contribution < -0.4 is 0 Å². The van der Waals surface area contributed by atoms with E-state index in [1.54, 1.807) is 0 Å². The van der Waals surface area contributed by atoms with Gasteiger partial charge in [-0.15, -0.1) is 0 Å². The second kappa shape index (κ2) is 6.73. The lowest BCUT2D eigenvalue weighted by Gasteiger charge is -2.22. The predicted molar refractivity (Wildman–Crippen MR) is 109 cm³/mol. The minimum Gasteiger partial charge on any atom is -0.357 e. The van der Waals surface area contributed by atoms with Crippen LogP contribution >= 0.6 is 0 Å². The van der Waals surface area contributed by atoms with Crippen molar-refractivity contribution in [3.05, 3.63) is 36.8 Å². The summed E-state index contributed by atoms with van der Waals surface area (Å²) in [4.78, 5) is 4.93. The topological polar surface area (TPSA) is 44.9 Å². The fraction of sp³-hybridized carbons (Fsp3) is 0.565. The van der Waals surface area contributed by atoms with Gasteiger partial charge in [-0.05, 0) is 74.5 Å². The van der Waals surface area contributed by atoms with Gasteiger partial charge in [-0.25, -0.2) is 9.67 Å². The molecule has 2 saturated carbocycles. The van der Waals surface area contributed by atoms with E-state index in [-0.39, 0.29) is 6.23 Å². The zero-order valence-electron chi connectivity index (χ0n) is 16.3. The normalized spacial score (nSPS) is 29.7. The number of nitrogens with zero attached hydrogens (tertiary/aromatic N) is 4. The molecule has 146 valence electrons. The average molecular weight is 377 g/mol. The Morgan fingerprint density at radius 3 is 2.89 bits per heavy atom. The summed E-state index contributed by atoms with van der Waals surface area (Å²) in [6.07, 6.45) is 15.5. The fourth-order valence-corrected chi connectivity index (χ4v) is 5.81. The summed E-state index contributed by atoms with van der Waals surface area (Å²) in [5.41, 5.74) is 4.40. The van der Waals surface area contributed by atoms with Crippen LogP contribution in [0, 0.1) is 17.8 Å². The summed E-state index contributed by atoms with van der Waals surface area (Å²) >= 11 is 0. The Morgan fingerprint density at radius 2 is 2.07 bits per heavy atom. The van der Waals surface area contributed by atoms with E-state index in [1.807, 2.05) is 10.9 Å². The van der Waals surface area contributed by atoms with Crippen LogP contribution in [-0.2, 0) is 11.3 Å². The van der Waals surface area contributed by atoms with Gasteiger partial charge in [-0.1, -0.05) is 6.42 Å². The quantitative estimate of drug-likeness (QED) is 0.641. The van der Waals surface area contributed by atoms with Crippen LogP contribution in [0.25, 0.3) is 22.3 Å². The van der Waals surface area contributed by atoms with Crippen LogP contribution in [-0.4, -0.2) is 25.9 Å². The molecule has 5 heteroatoms. The van der Waals surface area contributed by atoms with Gasteiger partial charge in [0.25, 0.3) is 0 Å².